The molecule has 1 aliphatic rings. The van der Waals surface area contributed by atoms with Gasteiger partial charge in [-0.05, 0) is 50.7 Å². The average Bonchev–Trinajstić information content (AvgIpc) is 2.87. The Bertz CT molecular complexity index is 708. The summed E-state index contributed by atoms with van der Waals surface area (Å²) in [5, 5.41) is 8.53. The van der Waals surface area contributed by atoms with Crippen molar-refractivity contribution < 1.29 is 9.31 Å². The van der Waals surface area contributed by atoms with Crippen molar-refractivity contribution in [3.63, 3.8) is 0 Å². The SMILES string of the molecule is CC(C)c1ccc2n[nH]c(Cl)c2c1B1OC(C)(C)C(C)(C)O1. The molecule has 1 aliphatic heterocycles. The molecule has 6 heteroatoms. The number of hydrogen-bond donors (Lipinski definition) is 1. The number of halogens is 1. The van der Waals surface area contributed by atoms with Crippen molar-refractivity contribution in [1.29, 1.82) is 0 Å². The van der Waals surface area contributed by atoms with Crippen molar-refractivity contribution in [2.24, 2.45) is 0 Å². The molecule has 2 heterocycles. The van der Waals surface area contributed by atoms with Crippen molar-refractivity contribution >= 4 is 35.1 Å². The second-order valence-electron chi connectivity index (χ2n) is 7.24. The van der Waals surface area contributed by atoms with E-state index in [1.165, 1.54) is 5.56 Å². The van der Waals surface area contributed by atoms with Gasteiger partial charge in [0.05, 0.1) is 16.7 Å². The number of H-pyrrole nitrogens is 1. The predicted molar refractivity (Wildman–Crippen MR) is 90.9 cm³/mol. The van der Waals surface area contributed by atoms with E-state index in [0.717, 1.165) is 16.4 Å². The highest BCUT2D eigenvalue weighted by atomic mass is 35.5. The smallest absolute Gasteiger partial charge is 0.399 e. The first kappa shape index (κ1) is 15.8. The topological polar surface area (TPSA) is 47.1 Å². The van der Waals surface area contributed by atoms with Gasteiger partial charge in [-0.2, -0.15) is 5.10 Å². The molecule has 118 valence electrons. The summed E-state index contributed by atoms with van der Waals surface area (Å²) in [5.41, 5.74) is 2.23. The van der Waals surface area contributed by atoms with Crippen LogP contribution in [-0.2, 0) is 9.31 Å². The second kappa shape index (κ2) is 4.98. The lowest BCUT2D eigenvalue weighted by Crippen LogP contribution is -2.41. The summed E-state index contributed by atoms with van der Waals surface area (Å²) in [7, 11) is -0.443. The van der Waals surface area contributed by atoms with Crippen LogP contribution in [0.25, 0.3) is 10.9 Å². The molecule has 3 rings (SSSR count). The van der Waals surface area contributed by atoms with E-state index < -0.39 is 7.12 Å². The van der Waals surface area contributed by atoms with E-state index >= 15 is 0 Å². The van der Waals surface area contributed by atoms with Crippen LogP contribution in [0.1, 0.15) is 53.0 Å². The van der Waals surface area contributed by atoms with E-state index in [1.807, 2.05) is 6.07 Å². The van der Waals surface area contributed by atoms with Crippen LogP contribution in [0.4, 0.5) is 0 Å². The van der Waals surface area contributed by atoms with Gasteiger partial charge >= 0.3 is 7.12 Å². The number of nitrogens with one attached hydrogen (secondary N) is 1. The standard InChI is InChI=1S/C16H22BClN2O2/c1-9(2)10-7-8-11-12(14(18)20-19-11)13(10)17-21-15(3,4)16(5,6)22-17/h7-9H,1-6H3,(H,19,20). The minimum atomic E-state index is -0.443. The van der Waals surface area contributed by atoms with Gasteiger partial charge in [0.25, 0.3) is 0 Å². The molecule has 1 saturated heterocycles. The predicted octanol–water partition coefficient (Wildman–Crippen LogP) is 3.64. The van der Waals surface area contributed by atoms with E-state index in [2.05, 4.69) is 57.8 Å². The molecular weight excluding hydrogens is 298 g/mol. The van der Waals surface area contributed by atoms with Crippen LogP contribution in [0.15, 0.2) is 12.1 Å². The first-order valence-corrected chi connectivity index (χ1v) is 8.04. The van der Waals surface area contributed by atoms with Gasteiger partial charge in [-0.15, -0.1) is 0 Å². The number of hydrogen-bond acceptors (Lipinski definition) is 3. The molecule has 1 N–H and O–H groups in total. The van der Waals surface area contributed by atoms with Crippen molar-refractivity contribution in [2.45, 2.75) is 58.7 Å². The number of benzene rings is 1. The Hall–Kier alpha value is -1.04. The molecule has 2 aromatic rings. The van der Waals surface area contributed by atoms with Gasteiger partial charge in [-0.1, -0.05) is 31.5 Å². The largest absolute Gasteiger partial charge is 0.495 e. The Morgan fingerprint density at radius 2 is 1.73 bits per heavy atom. The van der Waals surface area contributed by atoms with Gasteiger partial charge in [0, 0.05) is 5.39 Å². The number of aromatic amines is 1. The molecule has 0 aliphatic carbocycles. The van der Waals surface area contributed by atoms with Gasteiger partial charge in [-0.25, -0.2) is 0 Å². The van der Waals surface area contributed by atoms with Crippen molar-refractivity contribution in [3.05, 3.63) is 22.8 Å². The maximum atomic E-state index is 6.35. The summed E-state index contributed by atoms with van der Waals surface area (Å²) in [6.45, 7) is 12.5. The zero-order valence-corrected chi connectivity index (χ0v) is 14.7. The normalized spacial score (nSPS) is 20.3. The Labute approximate surface area is 136 Å². The molecule has 4 nitrogen and oxygen atoms in total. The molecule has 0 amide bonds. The van der Waals surface area contributed by atoms with E-state index in [0.29, 0.717) is 11.1 Å². The lowest BCUT2D eigenvalue weighted by Gasteiger charge is -2.32. The number of aromatic nitrogens is 2. The fraction of sp³-hybridized carbons (Fsp3) is 0.562. The minimum Gasteiger partial charge on any atom is -0.399 e. The first-order chi connectivity index (χ1) is 10.1. The van der Waals surface area contributed by atoms with Crippen LogP contribution in [0, 0.1) is 0 Å². The van der Waals surface area contributed by atoms with Crippen molar-refractivity contribution in [1.82, 2.24) is 10.2 Å². The second-order valence-corrected chi connectivity index (χ2v) is 7.62. The van der Waals surface area contributed by atoms with Crippen molar-refractivity contribution in [3.8, 4) is 0 Å². The van der Waals surface area contributed by atoms with Crippen LogP contribution in [0.3, 0.4) is 0 Å². The van der Waals surface area contributed by atoms with Crippen LogP contribution >= 0.6 is 11.6 Å². The Kier molecular flexibility index (Phi) is 3.59. The van der Waals surface area contributed by atoms with Crippen LogP contribution < -0.4 is 5.46 Å². The molecule has 0 spiro atoms. The van der Waals surface area contributed by atoms with Gasteiger partial charge in [0.15, 0.2) is 0 Å². The average molecular weight is 321 g/mol. The third-order valence-corrected chi connectivity index (χ3v) is 5.14. The molecule has 0 saturated carbocycles. The molecular formula is C16H22BClN2O2. The van der Waals surface area contributed by atoms with Gasteiger partial charge in [0.1, 0.15) is 5.15 Å². The third kappa shape index (κ3) is 2.27. The summed E-state index contributed by atoms with van der Waals surface area (Å²) in [5.74, 6) is 0.337. The molecule has 22 heavy (non-hydrogen) atoms. The van der Waals surface area contributed by atoms with Gasteiger partial charge in [-0.3, -0.25) is 5.10 Å². The van der Waals surface area contributed by atoms with Crippen LogP contribution in [0.5, 0.6) is 0 Å². The quantitative estimate of drug-likeness (QED) is 0.859. The lowest BCUT2D eigenvalue weighted by molar-refractivity contribution is 0.00578. The highest BCUT2D eigenvalue weighted by Gasteiger charge is 2.53. The number of nitrogens with zero attached hydrogens (tertiary/aromatic N) is 1. The molecule has 0 unspecified atom stereocenters. The summed E-state index contributed by atoms with van der Waals surface area (Å²) in [6.07, 6.45) is 0. The van der Waals surface area contributed by atoms with Gasteiger partial charge < -0.3 is 9.31 Å². The third-order valence-electron chi connectivity index (χ3n) is 4.86. The summed E-state index contributed by atoms with van der Waals surface area (Å²) < 4.78 is 12.5. The van der Waals surface area contributed by atoms with E-state index in [1.54, 1.807) is 0 Å². The fourth-order valence-electron chi connectivity index (χ4n) is 2.83. The number of rotatable bonds is 2. The highest BCUT2D eigenvalue weighted by Crippen LogP contribution is 2.38. The molecule has 1 fully saturated rings. The van der Waals surface area contributed by atoms with E-state index in [9.17, 15) is 0 Å². The fourth-order valence-corrected chi connectivity index (χ4v) is 3.07. The summed E-state index contributed by atoms with van der Waals surface area (Å²) >= 11 is 6.35. The first-order valence-electron chi connectivity index (χ1n) is 7.66. The lowest BCUT2D eigenvalue weighted by atomic mass is 9.71. The Morgan fingerprint density at radius 1 is 1.14 bits per heavy atom. The monoisotopic (exact) mass is 320 g/mol. The molecule has 1 aromatic carbocycles. The Balaban J connectivity index is 2.21. The maximum Gasteiger partial charge on any atom is 0.495 e. The van der Waals surface area contributed by atoms with E-state index in [-0.39, 0.29) is 11.2 Å². The van der Waals surface area contributed by atoms with Crippen molar-refractivity contribution in [2.75, 3.05) is 0 Å². The maximum absolute atomic E-state index is 6.35. The zero-order valence-electron chi connectivity index (χ0n) is 14.0. The zero-order chi connectivity index (χ0) is 16.3. The minimum absolute atomic E-state index is 0.337. The molecule has 0 radical (unpaired) electrons. The molecule has 1 aromatic heterocycles. The molecule has 0 bridgehead atoms. The van der Waals surface area contributed by atoms with Crippen LogP contribution in [-0.4, -0.2) is 28.5 Å². The highest BCUT2D eigenvalue weighted by molar-refractivity contribution is 6.66. The van der Waals surface area contributed by atoms with Gasteiger partial charge in [0.2, 0.25) is 0 Å². The Morgan fingerprint density at radius 3 is 2.27 bits per heavy atom. The number of fused-ring (bicyclic) bond motifs is 1. The van der Waals surface area contributed by atoms with E-state index in [4.69, 9.17) is 20.9 Å². The van der Waals surface area contributed by atoms with Crippen LogP contribution in [0.2, 0.25) is 5.15 Å². The summed E-state index contributed by atoms with van der Waals surface area (Å²) in [4.78, 5) is 0. The molecule has 0 atom stereocenters. The summed E-state index contributed by atoms with van der Waals surface area (Å²) in [6, 6.07) is 4.08.